The van der Waals surface area contributed by atoms with Crippen molar-refractivity contribution in [3.05, 3.63) is 29.8 Å². The fourth-order valence-corrected chi connectivity index (χ4v) is 3.04. The Morgan fingerprint density at radius 2 is 1.95 bits per heavy atom. The normalized spacial score (nSPS) is 25.1. The van der Waals surface area contributed by atoms with Crippen molar-refractivity contribution < 1.29 is 14.6 Å². The van der Waals surface area contributed by atoms with E-state index in [1.165, 1.54) is 19.3 Å². The van der Waals surface area contributed by atoms with E-state index in [9.17, 15) is 5.11 Å². The van der Waals surface area contributed by atoms with E-state index in [0.717, 1.165) is 37.2 Å². The molecule has 0 aliphatic carbocycles. The second-order valence-electron chi connectivity index (χ2n) is 5.94. The van der Waals surface area contributed by atoms with Crippen LogP contribution in [0.25, 0.3) is 0 Å². The second kappa shape index (κ2) is 9.39. The van der Waals surface area contributed by atoms with Gasteiger partial charge < -0.3 is 14.6 Å². The van der Waals surface area contributed by atoms with Gasteiger partial charge in [-0.2, -0.15) is 0 Å². The van der Waals surface area contributed by atoms with Crippen LogP contribution in [-0.4, -0.2) is 29.8 Å². The molecule has 1 N–H and O–H groups in total. The number of aliphatic hydroxyl groups excluding tert-OH is 1. The van der Waals surface area contributed by atoms with Gasteiger partial charge in [0.2, 0.25) is 0 Å². The maximum absolute atomic E-state index is 9.81. The van der Waals surface area contributed by atoms with Gasteiger partial charge in [0.05, 0.1) is 30.8 Å². The molecular weight excluding hydrogens is 300 g/mol. The molecule has 3 atom stereocenters. The number of benzene rings is 1. The number of aliphatic hydroxyl groups is 1. The third kappa shape index (κ3) is 5.15. The Hall–Kier alpha value is -0.770. The monoisotopic (exact) mass is 326 g/mol. The summed E-state index contributed by atoms with van der Waals surface area (Å²) in [5.74, 6) is 1.24. The van der Waals surface area contributed by atoms with Crippen molar-refractivity contribution in [2.24, 2.45) is 0 Å². The molecule has 0 amide bonds. The molecule has 3 nitrogen and oxygen atoms in total. The first-order valence-corrected chi connectivity index (χ1v) is 8.90. The maximum Gasteiger partial charge on any atom is 0.119 e. The van der Waals surface area contributed by atoms with Gasteiger partial charge in [0.25, 0.3) is 0 Å². The summed E-state index contributed by atoms with van der Waals surface area (Å²) in [7, 11) is 0. The van der Waals surface area contributed by atoms with Crippen LogP contribution in [0.4, 0.5) is 0 Å². The number of halogens is 1. The molecule has 1 aliphatic rings. The Bertz CT molecular complexity index is 421. The van der Waals surface area contributed by atoms with Crippen LogP contribution in [0.2, 0.25) is 0 Å². The van der Waals surface area contributed by atoms with Gasteiger partial charge in [0.1, 0.15) is 5.75 Å². The van der Waals surface area contributed by atoms with Gasteiger partial charge in [0, 0.05) is 0 Å². The molecule has 0 unspecified atom stereocenters. The lowest BCUT2D eigenvalue weighted by atomic mass is 9.97. The third-order valence-electron chi connectivity index (χ3n) is 4.16. The molecule has 0 spiro atoms. The zero-order chi connectivity index (χ0) is 15.8. The van der Waals surface area contributed by atoms with Crippen molar-refractivity contribution in [1.29, 1.82) is 0 Å². The number of hydrogen-bond acceptors (Lipinski definition) is 3. The van der Waals surface area contributed by atoms with Crippen LogP contribution in [0, 0.1) is 0 Å². The van der Waals surface area contributed by atoms with E-state index >= 15 is 0 Å². The Kier molecular flexibility index (Phi) is 7.50. The van der Waals surface area contributed by atoms with Gasteiger partial charge in [-0.15, -0.1) is 11.6 Å². The van der Waals surface area contributed by atoms with Crippen molar-refractivity contribution in [3.8, 4) is 5.75 Å². The van der Waals surface area contributed by atoms with Crippen LogP contribution < -0.4 is 4.74 Å². The van der Waals surface area contributed by atoms with Crippen molar-refractivity contribution in [1.82, 2.24) is 0 Å². The van der Waals surface area contributed by atoms with Crippen LogP contribution in [-0.2, 0) is 4.74 Å². The average Bonchev–Trinajstić information content (AvgIpc) is 2.56. The minimum atomic E-state index is -0.445. The minimum Gasteiger partial charge on any atom is -0.494 e. The van der Waals surface area contributed by atoms with E-state index < -0.39 is 6.10 Å². The Morgan fingerprint density at radius 3 is 2.64 bits per heavy atom. The van der Waals surface area contributed by atoms with Crippen molar-refractivity contribution in [2.75, 3.05) is 12.5 Å². The van der Waals surface area contributed by atoms with E-state index in [4.69, 9.17) is 21.1 Å². The fraction of sp³-hybridized carbons (Fsp3) is 0.667. The Labute approximate surface area is 138 Å². The average molecular weight is 327 g/mol. The molecule has 0 saturated carbocycles. The highest BCUT2D eigenvalue weighted by Crippen LogP contribution is 2.32. The van der Waals surface area contributed by atoms with E-state index in [1.807, 2.05) is 12.1 Å². The summed E-state index contributed by atoms with van der Waals surface area (Å²) >= 11 is 5.84. The highest BCUT2D eigenvalue weighted by Gasteiger charge is 2.29. The first-order valence-electron chi connectivity index (χ1n) is 8.36. The quantitative estimate of drug-likeness (QED) is 0.566. The zero-order valence-electron chi connectivity index (χ0n) is 13.3. The molecule has 4 heteroatoms. The van der Waals surface area contributed by atoms with Crippen LogP contribution in [0.15, 0.2) is 24.3 Å². The van der Waals surface area contributed by atoms with E-state index in [1.54, 1.807) is 0 Å². The summed E-state index contributed by atoms with van der Waals surface area (Å²) in [5, 5.41) is 9.81. The van der Waals surface area contributed by atoms with Crippen molar-refractivity contribution >= 4 is 11.6 Å². The summed E-state index contributed by atoms with van der Waals surface area (Å²) in [6, 6.07) is 8.10. The predicted molar refractivity (Wildman–Crippen MR) is 89.7 cm³/mol. The van der Waals surface area contributed by atoms with Gasteiger partial charge in [-0.05, 0) is 37.0 Å². The first kappa shape index (κ1) is 17.6. The molecule has 1 aromatic carbocycles. The van der Waals surface area contributed by atoms with Crippen molar-refractivity contribution in [3.63, 3.8) is 0 Å². The summed E-state index contributed by atoms with van der Waals surface area (Å²) in [6.07, 6.45) is 5.72. The van der Waals surface area contributed by atoms with Crippen LogP contribution in [0.3, 0.4) is 0 Å². The van der Waals surface area contributed by atoms with Gasteiger partial charge in [-0.3, -0.25) is 0 Å². The lowest BCUT2D eigenvalue weighted by molar-refractivity contribution is -0.108. The maximum atomic E-state index is 9.81. The largest absolute Gasteiger partial charge is 0.494 e. The van der Waals surface area contributed by atoms with Gasteiger partial charge in [-0.1, -0.05) is 38.3 Å². The molecule has 1 aromatic rings. The standard InChI is InChI=1S/C18H27ClO3/c1-2-3-4-5-12-21-15-8-6-14(7-9-15)17-11-10-16(20)18(13-19)22-17/h6-9,16-18,20H,2-5,10-13H2,1H3/t16-,17-,18+/m0/s1. The van der Waals surface area contributed by atoms with Crippen LogP contribution in [0.1, 0.15) is 57.1 Å². The first-order chi connectivity index (χ1) is 10.7. The van der Waals surface area contributed by atoms with E-state index in [-0.39, 0.29) is 12.2 Å². The zero-order valence-corrected chi connectivity index (χ0v) is 14.1. The molecule has 0 aromatic heterocycles. The fourth-order valence-electron chi connectivity index (χ4n) is 2.76. The molecule has 1 heterocycles. The van der Waals surface area contributed by atoms with Crippen molar-refractivity contribution in [2.45, 2.75) is 63.8 Å². The minimum absolute atomic E-state index is 0.0192. The number of rotatable bonds is 8. The Balaban J connectivity index is 1.81. The molecule has 0 bridgehead atoms. The van der Waals surface area contributed by atoms with Gasteiger partial charge >= 0.3 is 0 Å². The number of unbranched alkanes of at least 4 members (excludes halogenated alkanes) is 3. The number of hydrogen-bond donors (Lipinski definition) is 1. The summed E-state index contributed by atoms with van der Waals surface area (Å²) in [5.41, 5.74) is 1.13. The van der Waals surface area contributed by atoms with E-state index in [0.29, 0.717) is 5.88 Å². The number of alkyl halides is 1. The number of ether oxygens (including phenoxy) is 2. The smallest absolute Gasteiger partial charge is 0.119 e. The molecule has 22 heavy (non-hydrogen) atoms. The topological polar surface area (TPSA) is 38.7 Å². The molecule has 0 radical (unpaired) electrons. The predicted octanol–water partition coefficient (Wildman–Crippen LogP) is 4.47. The lowest BCUT2D eigenvalue weighted by Gasteiger charge is -2.33. The SMILES string of the molecule is CCCCCCOc1ccc([C@@H]2CC[C@H](O)[C@@H](CCl)O2)cc1. The molecule has 1 saturated heterocycles. The van der Waals surface area contributed by atoms with Crippen LogP contribution >= 0.6 is 11.6 Å². The molecule has 2 rings (SSSR count). The molecule has 124 valence electrons. The lowest BCUT2D eigenvalue weighted by Crippen LogP contribution is -2.36. The van der Waals surface area contributed by atoms with Gasteiger partial charge in [0.15, 0.2) is 0 Å². The van der Waals surface area contributed by atoms with E-state index in [2.05, 4.69) is 19.1 Å². The third-order valence-corrected chi connectivity index (χ3v) is 4.47. The Morgan fingerprint density at radius 1 is 1.18 bits per heavy atom. The summed E-state index contributed by atoms with van der Waals surface area (Å²) in [6.45, 7) is 2.99. The molecule has 1 fully saturated rings. The second-order valence-corrected chi connectivity index (χ2v) is 6.25. The molecular formula is C18H27ClO3. The summed E-state index contributed by atoms with van der Waals surface area (Å²) < 4.78 is 11.6. The summed E-state index contributed by atoms with van der Waals surface area (Å²) in [4.78, 5) is 0. The highest BCUT2D eigenvalue weighted by atomic mass is 35.5. The highest BCUT2D eigenvalue weighted by molar-refractivity contribution is 6.18. The van der Waals surface area contributed by atoms with Gasteiger partial charge in [-0.25, -0.2) is 0 Å². The molecule has 1 aliphatic heterocycles. The van der Waals surface area contributed by atoms with Crippen LogP contribution in [0.5, 0.6) is 5.75 Å².